The molecule has 0 saturated carbocycles. The highest BCUT2D eigenvalue weighted by Gasteiger charge is 2.29. The van der Waals surface area contributed by atoms with Crippen LogP contribution in [0.4, 0.5) is 0 Å². The summed E-state index contributed by atoms with van der Waals surface area (Å²) >= 11 is 0. The van der Waals surface area contributed by atoms with Gasteiger partial charge in [0, 0.05) is 56.3 Å². The van der Waals surface area contributed by atoms with Crippen molar-refractivity contribution in [2.75, 3.05) is 39.4 Å². The first-order valence-electron chi connectivity index (χ1n) is 11.6. The number of morpholine rings is 1. The summed E-state index contributed by atoms with van der Waals surface area (Å²) in [6, 6.07) is 7.70. The summed E-state index contributed by atoms with van der Waals surface area (Å²) in [6.45, 7) is 7.27. The lowest BCUT2D eigenvalue weighted by atomic mass is 9.89. The number of ether oxygens (including phenoxy) is 1. The molecule has 0 spiro atoms. The molecule has 8 nitrogen and oxygen atoms in total. The van der Waals surface area contributed by atoms with Gasteiger partial charge in [-0.2, -0.15) is 0 Å². The van der Waals surface area contributed by atoms with Crippen LogP contribution >= 0.6 is 0 Å². The molecule has 2 aliphatic heterocycles. The average Bonchev–Trinajstić information content (AvgIpc) is 3.33. The third-order valence-electron chi connectivity index (χ3n) is 6.45. The van der Waals surface area contributed by atoms with Gasteiger partial charge in [-0.05, 0) is 49.6 Å². The highest BCUT2D eigenvalue weighted by Crippen LogP contribution is 2.34. The molecule has 2 fully saturated rings. The predicted octanol–water partition coefficient (Wildman–Crippen LogP) is 3.29. The molecule has 8 heteroatoms. The number of carbonyl (C=O) groups excluding carboxylic acids is 1. The van der Waals surface area contributed by atoms with E-state index in [4.69, 9.17) is 14.1 Å². The molecule has 0 aromatic carbocycles. The molecule has 0 bridgehead atoms. The summed E-state index contributed by atoms with van der Waals surface area (Å²) in [5, 5.41) is 0. The summed E-state index contributed by atoms with van der Waals surface area (Å²) in [7, 11) is 0. The maximum Gasteiger partial charge on any atom is 0.289 e. The number of hydrogen-bond acceptors (Lipinski definition) is 7. The van der Waals surface area contributed by atoms with E-state index in [1.54, 1.807) is 18.5 Å². The first-order valence-corrected chi connectivity index (χ1v) is 11.6. The molecule has 0 unspecified atom stereocenters. The van der Waals surface area contributed by atoms with E-state index in [0.717, 1.165) is 67.6 Å². The Balaban J connectivity index is 1.24. The first kappa shape index (κ1) is 21.7. The molecule has 2 saturated heterocycles. The van der Waals surface area contributed by atoms with Gasteiger partial charge in [0.15, 0.2) is 5.76 Å². The Morgan fingerprint density at radius 1 is 1.06 bits per heavy atom. The van der Waals surface area contributed by atoms with E-state index in [-0.39, 0.29) is 11.8 Å². The number of amides is 1. The summed E-state index contributed by atoms with van der Waals surface area (Å²) in [5.41, 5.74) is 3.18. The van der Waals surface area contributed by atoms with Gasteiger partial charge in [-0.25, -0.2) is 9.97 Å². The third kappa shape index (κ3) is 4.96. The second-order valence-electron chi connectivity index (χ2n) is 8.67. The van der Waals surface area contributed by atoms with Crippen molar-refractivity contribution in [1.29, 1.82) is 0 Å². The van der Waals surface area contributed by atoms with E-state index in [0.29, 0.717) is 25.4 Å². The number of aryl methyl sites for hydroxylation is 1. The van der Waals surface area contributed by atoms with Crippen LogP contribution in [0.2, 0.25) is 0 Å². The zero-order valence-electron chi connectivity index (χ0n) is 18.9. The Labute approximate surface area is 193 Å². The molecule has 5 heterocycles. The Bertz CT molecular complexity index is 1090. The van der Waals surface area contributed by atoms with Gasteiger partial charge in [-0.1, -0.05) is 0 Å². The van der Waals surface area contributed by atoms with Gasteiger partial charge in [0.1, 0.15) is 11.6 Å². The Kier molecular flexibility index (Phi) is 6.46. The number of aromatic nitrogens is 3. The van der Waals surface area contributed by atoms with Crippen LogP contribution in [0.3, 0.4) is 0 Å². The quantitative estimate of drug-likeness (QED) is 0.593. The molecule has 33 heavy (non-hydrogen) atoms. The van der Waals surface area contributed by atoms with E-state index >= 15 is 0 Å². The highest BCUT2D eigenvalue weighted by atomic mass is 16.5. The average molecular weight is 448 g/mol. The van der Waals surface area contributed by atoms with Gasteiger partial charge in [0.25, 0.3) is 5.91 Å². The number of hydrogen-bond donors (Lipinski definition) is 0. The van der Waals surface area contributed by atoms with Crippen LogP contribution < -0.4 is 0 Å². The Morgan fingerprint density at radius 3 is 2.58 bits per heavy atom. The lowest BCUT2D eigenvalue weighted by Gasteiger charge is -2.32. The van der Waals surface area contributed by atoms with Crippen molar-refractivity contribution in [3.05, 3.63) is 65.9 Å². The Morgan fingerprint density at radius 2 is 1.82 bits per heavy atom. The molecule has 0 radical (unpaired) electrons. The molecule has 1 amide bonds. The van der Waals surface area contributed by atoms with Crippen LogP contribution in [0, 0.1) is 6.92 Å². The zero-order chi connectivity index (χ0) is 22.6. The fourth-order valence-corrected chi connectivity index (χ4v) is 4.62. The van der Waals surface area contributed by atoms with Crippen LogP contribution in [-0.4, -0.2) is 70.1 Å². The summed E-state index contributed by atoms with van der Waals surface area (Å²) in [6.07, 6.45) is 7.21. The number of nitrogens with zero attached hydrogens (tertiary/aromatic N) is 5. The highest BCUT2D eigenvalue weighted by molar-refractivity contribution is 5.91. The fourth-order valence-electron chi connectivity index (χ4n) is 4.62. The molecule has 3 aromatic rings. The number of rotatable bonds is 5. The number of furan rings is 1. The van der Waals surface area contributed by atoms with Crippen LogP contribution in [-0.2, 0) is 11.3 Å². The largest absolute Gasteiger partial charge is 0.455 e. The second-order valence-corrected chi connectivity index (χ2v) is 8.67. The van der Waals surface area contributed by atoms with Gasteiger partial charge >= 0.3 is 0 Å². The SMILES string of the molecule is Cc1ncc(-c2ccncc2)c(C2CCN(C(=O)c3ccc(CN4CCOCC4)o3)CC2)n1. The number of pyridine rings is 1. The summed E-state index contributed by atoms with van der Waals surface area (Å²) in [4.78, 5) is 30.6. The van der Waals surface area contributed by atoms with Gasteiger partial charge in [0.2, 0.25) is 0 Å². The van der Waals surface area contributed by atoms with Crippen molar-refractivity contribution in [1.82, 2.24) is 24.8 Å². The van der Waals surface area contributed by atoms with E-state index in [1.807, 2.05) is 36.2 Å². The van der Waals surface area contributed by atoms with Crippen LogP contribution in [0.25, 0.3) is 11.1 Å². The molecule has 2 aliphatic rings. The molecule has 0 atom stereocenters. The van der Waals surface area contributed by atoms with Crippen molar-refractivity contribution in [3.8, 4) is 11.1 Å². The predicted molar refractivity (Wildman–Crippen MR) is 123 cm³/mol. The third-order valence-corrected chi connectivity index (χ3v) is 6.45. The number of carbonyl (C=O) groups is 1. The topological polar surface area (TPSA) is 84.6 Å². The lowest BCUT2D eigenvalue weighted by Crippen LogP contribution is -2.38. The second kappa shape index (κ2) is 9.80. The van der Waals surface area contributed by atoms with Crippen LogP contribution in [0.1, 0.15) is 46.6 Å². The van der Waals surface area contributed by atoms with E-state index in [9.17, 15) is 4.79 Å². The van der Waals surface area contributed by atoms with Crippen molar-refractivity contribution in [3.63, 3.8) is 0 Å². The molecular formula is C25H29N5O3. The van der Waals surface area contributed by atoms with Crippen molar-refractivity contribution < 1.29 is 13.9 Å². The minimum absolute atomic E-state index is 0.0325. The Hall–Kier alpha value is -3.10. The van der Waals surface area contributed by atoms with Gasteiger partial charge in [-0.3, -0.25) is 14.7 Å². The molecule has 0 N–H and O–H groups in total. The molecule has 172 valence electrons. The maximum absolute atomic E-state index is 13.1. The van der Waals surface area contributed by atoms with E-state index < -0.39 is 0 Å². The lowest BCUT2D eigenvalue weighted by molar-refractivity contribution is 0.0309. The van der Waals surface area contributed by atoms with Crippen molar-refractivity contribution in [2.24, 2.45) is 0 Å². The standard InChI is InChI=1S/C25H29N5O3/c1-18-27-16-22(19-4-8-26-9-5-19)24(28-18)20-6-10-30(11-7-20)25(31)23-3-2-21(33-23)17-29-12-14-32-15-13-29/h2-5,8-9,16,20H,6-7,10-15,17H2,1H3. The van der Waals surface area contributed by atoms with Gasteiger partial charge in [0.05, 0.1) is 25.5 Å². The van der Waals surface area contributed by atoms with Crippen molar-refractivity contribution >= 4 is 5.91 Å². The smallest absolute Gasteiger partial charge is 0.289 e. The van der Waals surface area contributed by atoms with Crippen LogP contribution in [0.5, 0.6) is 0 Å². The fraction of sp³-hybridized carbons (Fsp3) is 0.440. The summed E-state index contributed by atoms with van der Waals surface area (Å²) < 4.78 is 11.3. The van der Waals surface area contributed by atoms with Gasteiger partial charge in [-0.15, -0.1) is 0 Å². The normalized spacial score (nSPS) is 17.9. The molecule has 0 aliphatic carbocycles. The zero-order valence-corrected chi connectivity index (χ0v) is 18.9. The molecule has 3 aromatic heterocycles. The number of likely N-dealkylation sites (tertiary alicyclic amines) is 1. The van der Waals surface area contributed by atoms with Crippen molar-refractivity contribution in [2.45, 2.75) is 32.2 Å². The molecular weight excluding hydrogens is 418 g/mol. The van der Waals surface area contributed by atoms with E-state index in [1.165, 1.54) is 0 Å². The minimum atomic E-state index is -0.0325. The van der Waals surface area contributed by atoms with Gasteiger partial charge < -0.3 is 14.1 Å². The molecule has 5 rings (SSSR count). The first-order chi connectivity index (χ1) is 16.2. The minimum Gasteiger partial charge on any atom is -0.455 e. The monoisotopic (exact) mass is 447 g/mol. The summed E-state index contributed by atoms with van der Waals surface area (Å²) in [5.74, 6) is 2.27. The van der Waals surface area contributed by atoms with Crippen LogP contribution in [0.15, 0.2) is 47.3 Å². The van der Waals surface area contributed by atoms with E-state index in [2.05, 4.69) is 14.9 Å². The number of piperidine rings is 1. The maximum atomic E-state index is 13.1.